The highest BCUT2D eigenvalue weighted by Crippen LogP contribution is 2.44. The van der Waals surface area contributed by atoms with E-state index < -0.39 is 0 Å². The number of hydrogen-bond donors (Lipinski definition) is 1. The van der Waals surface area contributed by atoms with Crippen molar-refractivity contribution in [2.75, 3.05) is 6.61 Å². The van der Waals surface area contributed by atoms with Gasteiger partial charge < -0.3 is 10.5 Å². The summed E-state index contributed by atoms with van der Waals surface area (Å²) in [4.78, 5) is 15.9. The summed E-state index contributed by atoms with van der Waals surface area (Å²) in [5.41, 5.74) is 10.6. The Balaban J connectivity index is 1.68. The predicted octanol–water partition coefficient (Wildman–Crippen LogP) is 3.64. The number of nitrogens with zero attached hydrogens (tertiary/aromatic N) is 3. The maximum atomic E-state index is 11.0. The van der Waals surface area contributed by atoms with Gasteiger partial charge in [0.05, 0.1) is 24.0 Å². The van der Waals surface area contributed by atoms with Gasteiger partial charge in [0.25, 0.3) is 0 Å². The molecule has 0 bridgehead atoms. The minimum absolute atomic E-state index is 0.273. The molecule has 1 fully saturated rings. The number of ether oxygens (including phenoxy) is 1. The molecule has 3 aromatic rings. The van der Waals surface area contributed by atoms with Gasteiger partial charge in [-0.2, -0.15) is 5.10 Å². The number of aromatic nitrogens is 3. The fraction of sp³-hybridized carbons (Fsp3) is 0.381. The Kier molecular flexibility index (Phi) is 4.79. The molecule has 1 aliphatic rings. The van der Waals surface area contributed by atoms with Crippen LogP contribution in [0.4, 0.5) is 0 Å². The van der Waals surface area contributed by atoms with Crippen molar-refractivity contribution in [1.82, 2.24) is 14.8 Å². The van der Waals surface area contributed by atoms with Gasteiger partial charge in [-0.25, -0.2) is 4.98 Å². The second kappa shape index (κ2) is 7.39. The first-order chi connectivity index (χ1) is 13.2. The maximum absolute atomic E-state index is 11.0. The lowest BCUT2D eigenvalue weighted by atomic mass is 10.0. The molecule has 2 N–H and O–H groups in total. The Morgan fingerprint density at radius 1 is 1.30 bits per heavy atom. The zero-order chi connectivity index (χ0) is 18.8. The highest BCUT2D eigenvalue weighted by molar-refractivity contribution is 5.83. The standard InChI is InChI=1S/C21H24N4O2/c1-2-27-16-9-7-15(8-10-16)18-12-17(14-5-6-14)21-19(24-18)13-23-25(21)11-3-4-20(22)26/h7-10,12-14H,2-6,11H2,1H3,(H2,22,26). The molecule has 0 atom stereocenters. The Bertz CT molecular complexity index is 958. The number of carbonyl (C=O) groups excluding carboxylic acids is 1. The van der Waals surface area contributed by atoms with E-state index in [1.807, 2.05) is 42.1 Å². The zero-order valence-corrected chi connectivity index (χ0v) is 15.5. The minimum atomic E-state index is -0.273. The van der Waals surface area contributed by atoms with E-state index in [0.29, 0.717) is 31.9 Å². The van der Waals surface area contributed by atoms with E-state index in [-0.39, 0.29) is 5.91 Å². The zero-order valence-electron chi connectivity index (χ0n) is 15.5. The van der Waals surface area contributed by atoms with E-state index >= 15 is 0 Å². The second-order valence-corrected chi connectivity index (χ2v) is 7.00. The molecular formula is C21H24N4O2. The topological polar surface area (TPSA) is 83.0 Å². The fourth-order valence-electron chi connectivity index (χ4n) is 3.45. The number of amides is 1. The summed E-state index contributed by atoms with van der Waals surface area (Å²) < 4.78 is 7.50. The largest absolute Gasteiger partial charge is 0.494 e. The number of fused-ring (bicyclic) bond motifs is 1. The van der Waals surface area contributed by atoms with Crippen LogP contribution in [0.15, 0.2) is 36.5 Å². The molecule has 0 saturated heterocycles. The van der Waals surface area contributed by atoms with Crippen LogP contribution in [0, 0.1) is 0 Å². The van der Waals surface area contributed by atoms with Crippen molar-refractivity contribution in [1.29, 1.82) is 0 Å². The monoisotopic (exact) mass is 364 g/mol. The Labute approximate surface area is 158 Å². The quantitative estimate of drug-likeness (QED) is 0.661. The van der Waals surface area contributed by atoms with Gasteiger partial charge in [-0.3, -0.25) is 9.48 Å². The highest BCUT2D eigenvalue weighted by atomic mass is 16.5. The van der Waals surface area contributed by atoms with Crippen LogP contribution in [0.25, 0.3) is 22.3 Å². The van der Waals surface area contributed by atoms with Crippen LogP contribution in [0.2, 0.25) is 0 Å². The minimum Gasteiger partial charge on any atom is -0.494 e. The highest BCUT2D eigenvalue weighted by Gasteiger charge is 2.28. The lowest BCUT2D eigenvalue weighted by molar-refractivity contribution is -0.118. The number of carbonyl (C=O) groups is 1. The molecule has 1 aliphatic carbocycles. The first-order valence-corrected chi connectivity index (χ1v) is 9.53. The summed E-state index contributed by atoms with van der Waals surface area (Å²) in [6.45, 7) is 3.31. The average Bonchev–Trinajstić information content (AvgIpc) is 3.43. The Hall–Kier alpha value is -2.89. The second-order valence-electron chi connectivity index (χ2n) is 7.00. The van der Waals surface area contributed by atoms with E-state index in [9.17, 15) is 4.79 Å². The molecule has 0 unspecified atom stereocenters. The molecule has 0 spiro atoms. The van der Waals surface area contributed by atoms with Gasteiger partial charge in [-0.15, -0.1) is 0 Å². The molecule has 6 heteroatoms. The summed E-state index contributed by atoms with van der Waals surface area (Å²) in [5.74, 6) is 1.17. The molecular weight excluding hydrogens is 340 g/mol. The third-order valence-corrected chi connectivity index (χ3v) is 4.90. The molecule has 6 nitrogen and oxygen atoms in total. The van der Waals surface area contributed by atoms with Crippen LogP contribution in [-0.4, -0.2) is 27.3 Å². The van der Waals surface area contributed by atoms with Gasteiger partial charge in [0, 0.05) is 18.5 Å². The number of rotatable bonds is 8. The van der Waals surface area contributed by atoms with Crippen molar-refractivity contribution in [2.24, 2.45) is 5.73 Å². The molecule has 1 amide bonds. The van der Waals surface area contributed by atoms with Crippen molar-refractivity contribution in [3.05, 3.63) is 42.1 Å². The van der Waals surface area contributed by atoms with E-state index in [1.165, 1.54) is 18.4 Å². The molecule has 2 heterocycles. The maximum Gasteiger partial charge on any atom is 0.217 e. The first kappa shape index (κ1) is 17.5. The number of pyridine rings is 1. The molecule has 2 aromatic heterocycles. The van der Waals surface area contributed by atoms with Crippen LogP contribution < -0.4 is 10.5 Å². The smallest absolute Gasteiger partial charge is 0.217 e. The van der Waals surface area contributed by atoms with E-state index in [1.54, 1.807) is 0 Å². The Morgan fingerprint density at radius 2 is 2.07 bits per heavy atom. The molecule has 0 radical (unpaired) electrons. The summed E-state index contributed by atoms with van der Waals surface area (Å²) in [6.07, 6.45) is 5.29. The van der Waals surface area contributed by atoms with Gasteiger partial charge in [0.1, 0.15) is 11.3 Å². The normalized spacial score (nSPS) is 13.8. The third-order valence-electron chi connectivity index (χ3n) is 4.90. The average molecular weight is 364 g/mol. The van der Waals surface area contributed by atoms with Gasteiger partial charge >= 0.3 is 0 Å². The number of nitrogens with two attached hydrogens (primary N) is 1. The predicted molar refractivity (Wildman–Crippen MR) is 105 cm³/mol. The van der Waals surface area contributed by atoms with E-state index in [2.05, 4.69) is 11.2 Å². The SMILES string of the molecule is CCOc1ccc(-c2cc(C3CC3)c3c(cnn3CCCC(N)=O)n2)cc1. The van der Waals surface area contributed by atoms with Crippen molar-refractivity contribution in [3.63, 3.8) is 0 Å². The number of aryl methyl sites for hydroxylation is 1. The van der Waals surface area contributed by atoms with Gasteiger partial charge in [-0.05, 0) is 68.0 Å². The van der Waals surface area contributed by atoms with E-state index in [4.69, 9.17) is 15.5 Å². The van der Waals surface area contributed by atoms with Crippen LogP contribution >= 0.6 is 0 Å². The molecule has 4 rings (SSSR count). The molecule has 140 valence electrons. The summed E-state index contributed by atoms with van der Waals surface area (Å²) >= 11 is 0. The van der Waals surface area contributed by atoms with Crippen molar-refractivity contribution >= 4 is 16.9 Å². The van der Waals surface area contributed by atoms with Crippen LogP contribution in [0.5, 0.6) is 5.75 Å². The van der Waals surface area contributed by atoms with Crippen molar-refractivity contribution in [3.8, 4) is 17.0 Å². The molecule has 0 aliphatic heterocycles. The van der Waals surface area contributed by atoms with Crippen LogP contribution in [0.1, 0.15) is 44.1 Å². The lowest BCUT2D eigenvalue weighted by Crippen LogP contribution is -2.12. The van der Waals surface area contributed by atoms with Gasteiger partial charge in [0.2, 0.25) is 5.91 Å². The molecule has 27 heavy (non-hydrogen) atoms. The summed E-state index contributed by atoms with van der Waals surface area (Å²) in [6, 6.07) is 10.3. The van der Waals surface area contributed by atoms with Crippen molar-refractivity contribution in [2.45, 2.75) is 45.1 Å². The fourth-order valence-corrected chi connectivity index (χ4v) is 3.45. The van der Waals surface area contributed by atoms with Gasteiger partial charge in [-0.1, -0.05) is 0 Å². The number of primary amides is 1. The molecule has 1 aromatic carbocycles. The lowest BCUT2D eigenvalue weighted by Gasteiger charge is -2.10. The van der Waals surface area contributed by atoms with Crippen LogP contribution in [-0.2, 0) is 11.3 Å². The Morgan fingerprint density at radius 3 is 2.74 bits per heavy atom. The van der Waals surface area contributed by atoms with E-state index in [0.717, 1.165) is 28.0 Å². The van der Waals surface area contributed by atoms with Crippen LogP contribution in [0.3, 0.4) is 0 Å². The number of benzene rings is 1. The van der Waals surface area contributed by atoms with Crippen molar-refractivity contribution < 1.29 is 9.53 Å². The summed E-state index contributed by atoms with van der Waals surface area (Å²) in [7, 11) is 0. The third kappa shape index (κ3) is 3.79. The number of hydrogen-bond acceptors (Lipinski definition) is 4. The van der Waals surface area contributed by atoms with Gasteiger partial charge in [0.15, 0.2) is 0 Å². The molecule has 1 saturated carbocycles. The first-order valence-electron chi connectivity index (χ1n) is 9.53. The summed E-state index contributed by atoms with van der Waals surface area (Å²) in [5, 5.41) is 4.52.